The van der Waals surface area contributed by atoms with Crippen LogP contribution in [0.15, 0.2) is 12.1 Å². The molecule has 1 unspecified atom stereocenters. The van der Waals surface area contributed by atoms with E-state index in [0.29, 0.717) is 18.7 Å². The summed E-state index contributed by atoms with van der Waals surface area (Å²) in [5.41, 5.74) is 0.503. The number of pyridine rings is 1. The lowest BCUT2D eigenvalue weighted by Gasteiger charge is -2.27. The van der Waals surface area contributed by atoms with Crippen molar-refractivity contribution < 1.29 is 14.8 Å². The molecule has 108 valence electrons. The standard InChI is InChI=1S/C13H17N3O4/c1-9-6-7-10(16(19)20)12(14-9)15-8-4-2-3-5-11(15)13(17)18/h6-7,11H,2-5,8H2,1H3,(H,17,18). The first-order valence-corrected chi connectivity index (χ1v) is 6.62. The minimum Gasteiger partial charge on any atom is -0.480 e. The van der Waals surface area contributed by atoms with Crippen molar-refractivity contribution in [1.82, 2.24) is 4.98 Å². The molecule has 1 saturated heterocycles. The molecule has 2 rings (SSSR count). The molecule has 0 radical (unpaired) electrons. The van der Waals surface area contributed by atoms with Crippen LogP contribution in [0.4, 0.5) is 11.5 Å². The number of rotatable bonds is 3. The monoisotopic (exact) mass is 279 g/mol. The molecule has 1 aliphatic rings. The number of carboxylic acid groups (broad SMARTS) is 1. The average molecular weight is 279 g/mol. The van der Waals surface area contributed by atoms with Crippen molar-refractivity contribution in [2.75, 3.05) is 11.4 Å². The average Bonchev–Trinajstić information content (AvgIpc) is 2.63. The van der Waals surface area contributed by atoms with Crippen LogP contribution in [0.3, 0.4) is 0 Å². The topological polar surface area (TPSA) is 96.6 Å². The number of carboxylic acids is 1. The lowest BCUT2D eigenvalue weighted by molar-refractivity contribution is -0.384. The van der Waals surface area contributed by atoms with Gasteiger partial charge in [0.2, 0.25) is 5.82 Å². The largest absolute Gasteiger partial charge is 0.480 e. The van der Waals surface area contributed by atoms with Gasteiger partial charge in [-0.25, -0.2) is 9.78 Å². The molecule has 0 spiro atoms. The molecule has 1 aliphatic heterocycles. The highest BCUT2D eigenvalue weighted by molar-refractivity contribution is 5.79. The molecule has 7 heteroatoms. The van der Waals surface area contributed by atoms with Gasteiger partial charge >= 0.3 is 11.7 Å². The van der Waals surface area contributed by atoms with Gasteiger partial charge in [-0.15, -0.1) is 0 Å². The highest BCUT2D eigenvalue weighted by Crippen LogP contribution is 2.30. The van der Waals surface area contributed by atoms with Crippen LogP contribution in [-0.4, -0.2) is 33.6 Å². The van der Waals surface area contributed by atoms with E-state index in [1.807, 2.05) is 0 Å². The Morgan fingerprint density at radius 1 is 1.45 bits per heavy atom. The van der Waals surface area contributed by atoms with Crippen LogP contribution in [-0.2, 0) is 4.79 Å². The van der Waals surface area contributed by atoms with Crippen LogP contribution in [0.1, 0.15) is 31.4 Å². The quantitative estimate of drug-likeness (QED) is 0.672. The molecular formula is C13H17N3O4. The summed E-state index contributed by atoms with van der Waals surface area (Å²) in [7, 11) is 0. The van der Waals surface area contributed by atoms with E-state index < -0.39 is 16.9 Å². The number of anilines is 1. The van der Waals surface area contributed by atoms with Gasteiger partial charge < -0.3 is 10.0 Å². The van der Waals surface area contributed by atoms with Gasteiger partial charge in [-0.3, -0.25) is 10.1 Å². The summed E-state index contributed by atoms with van der Waals surface area (Å²) in [5.74, 6) is -0.784. The van der Waals surface area contributed by atoms with Gasteiger partial charge in [-0.05, 0) is 25.8 Å². The van der Waals surface area contributed by atoms with Gasteiger partial charge in [-0.1, -0.05) is 12.8 Å². The van der Waals surface area contributed by atoms with Crippen LogP contribution in [0.2, 0.25) is 0 Å². The maximum absolute atomic E-state index is 11.4. The zero-order valence-electron chi connectivity index (χ0n) is 11.3. The zero-order chi connectivity index (χ0) is 14.7. The molecule has 1 atom stereocenters. The Balaban J connectivity index is 2.47. The van der Waals surface area contributed by atoms with E-state index >= 15 is 0 Å². The highest BCUT2D eigenvalue weighted by Gasteiger charge is 2.32. The Hall–Kier alpha value is -2.18. The van der Waals surface area contributed by atoms with Gasteiger partial charge in [0.05, 0.1) is 4.92 Å². The number of aromatic nitrogens is 1. The molecular weight excluding hydrogens is 262 g/mol. The van der Waals surface area contributed by atoms with Crippen molar-refractivity contribution in [1.29, 1.82) is 0 Å². The molecule has 0 amide bonds. The number of hydrogen-bond donors (Lipinski definition) is 1. The summed E-state index contributed by atoms with van der Waals surface area (Å²) in [6, 6.07) is 2.21. The third-order valence-corrected chi connectivity index (χ3v) is 3.50. The van der Waals surface area contributed by atoms with Crippen LogP contribution < -0.4 is 4.90 Å². The molecule has 0 saturated carbocycles. The van der Waals surface area contributed by atoms with Crippen molar-refractivity contribution in [3.63, 3.8) is 0 Å². The Morgan fingerprint density at radius 2 is 2.20 bits per heavy atom. The lowest BCUT2D eigenvalue weighted by Crippen LogP contribution is -2.41. The summed E-state index contributed by atoms with van der Waals surface area (Å²) in [6.07, 6.45) is 3.05. The summed E-state index contributed by atoms with van der Waals surface area (Å²) in [4.78, 5) is 27.8. The second kappa shape index (κ2) is 5.85. The second-order valence-corrected chi connectivity index (χ2v) is 4.95. The Morgan fingerprint density at radius 3 is 2.85 bits per heavy atom. The predicted octanol–water partition coefficient (Wildman–Crippen LogP) is 2.13. The zero-order valence-corrected chi connectivity index (χ0v) is 11.3. The van der Waals surface area contributed by atoms with E-state index in [9.17, 15) is 20.0 Å². The van der Waals surface area contributed by atoms with E-state index in [1.165, 1.54) is 6.07 Å². The van der Waals surface area contributed by atoms with E-state index in [4.69, 9.17) is 0 Å². The van der Waals surface area contributed by atoms with Crippen LogP contribution in [0.5, 0.6) is 0 Å². The predicted molar refractivity (Wildman–Crippen MR) is 72.9 cm³/mol. The van der Waals surface area contributed by atoms with E-state index in [-0.39, 0.29) is 11.5 Å². The minimum absolute atomic E-state index is 0.135. The fourth-order valence-corrected chi connectivity index (χ4v) is 2.51. The van der Waals surface area contributed by atoms with Crippen LogP contribution in [0, 0.1) is 17.0 Å². The molecule has 1 N–H and O–H groups in total. The Kier molecular flexibility index (Phi) is 4.16. The molecule has 0 bridgehead atoms. The number of aliphatic carboxylic acids is 1. The highest BCUT2D eigenvalue weighted by atomic mass is 16.6. The van der Waals surface area contributed by atoms with E-state index in [1.54, 1.807) is 17.9 Å². The van der Waals surface area contributed by atoms with Gasteiger partial charge in [-0.2, -0.15) is 0 Å². The third-order valence-electron chi connectivity index (χ3n) is 3.50. The van der Waals surface area contributed by atoms with E-state index in [2.05, 4.69) is 4.98 Å². The fourth-order valence-electron chi connectivity index (χ4n) is 2.51. The first kappa shape index (κ1) is 14.2. The number of carbonyl (C=O) groups is 1. The molecule has 0 aliphatic carbocycles. The first-order chi connectivity index (χ1) is 9.50. The van der Waals surface area contributed by atoms with E-state index in [0.717, 1.165) is 19.3 Å². The van der Waals surface area contributed by atoms with Crippen molar-refractivity contribution in [3.05, 3.63) is 27.9 Å². The molecule has 20 heavy (non-hydrogen) atoms. The van der Waals surface area contributed by atoms with Crippen molar-refractivity contribution in [2.24, 2.45) is 0 Å². The Bertz CT molecular complexity index is 532. The normalized spacial score (nSPS) is 19.4. The summed E-state index contributed by atoms with van der Waals surface area (Å²) >= 11 is 0. The summed E-state index contributed by atoms with van der Waals surface area (Å²) < 4.78 is 0. The van der Waals surface area contributed by atoms with Crippen LogP contribution >= 0.6 is 0 Å². The SMILES string of the molecule is Cc1ccc([N+](=O)[O-])c(N2CCCCCC2C(=O)O)n1. The van der Waals surface area contributed by atoms with Crippen molar-refractivity contribution in [2.45, 2.75) is 38.6 Å². The fraction of sp³-hybridized carbons (Fsp3) is 0.538. The maximum Gasteiger partial charge on any atom is 0.326 e. The molecule has 0 aromatic carbocycles. The van der Waals surface area contributed by atoms with Crippen LogP contribution in [0.25, 0.3) is 0 Å². The summed E-state index contributed by atoms with van der Waals surface area (Å²) in [6.45, 7) is 2.22. The maximum atomic E-state index is 11.4. The first-order valence-electron chi connectivity index (χ1n) is 6.62. The molecule has 7 nitrogen and oxygen atoms in total. The van der Waals surface area contributed by atoms with Gasteiger partial charge in [0, 0.05) is 18.3 Å². The molecule has 2 heterocycles. The van der Waals surface area contributed by atoms with Gasteiger partial charge in [0.25, 0.3) is 0 Å². The Labute approximate surface area is 116 Å². The molecule has 1 fully saturated rings. The number of nitrogens with zero attached hydrogens (tertiary/aromatic N) is 3. The smallest absolute Gasteiger partial charge is 0.326 e. The second-order valence-electron chi connectivity index (χ2n) is 4.95. The van der Waals surface area contributed by atoms with Crippen molar-refractivity contribution in [3.8, 4) is 0 Å². The third kappa shape index (κ3) is 2.87. The number of aryl methyl sites for hydroxylation is 1. The minimum atomic E-state index is -0.954. The van der Waals surface area contributed by atoms with Crippen molar-refractivity contribution >= 4 is 17.5 Å². The van der Waals surface area contributed by atoms with Gasteiger partial charge in [0.1, 0.15) is 6.04 Å². The molecule has 1 aromatic rings. The number of hydrogen-bond acceptors (Lipinski definition) is 5. The van der Waals surface area contributed by atoms with Gasteiger partial charge in [0.15, 0.2) is 0 Å². The molecule has 1 aromatic heterocycles. The lowest BCUT2D eigenvalue weighted by atomic mass is 10.1. The summed E-state index contributed by atoms with van der Waals surface area (Å²) in [5, 5.41) is 20.5. The number of nitro groups is 1.